The Hall–Kier alpha value is -2.79. The number of carbonyl (C=O) groups excluding carboxylic acids is 1. The van der Waals surface area contributed by atoms with E-state index in [9.17, 15) is 4.79 Å². The van der Waals surface area contributed by atoms with Gasteiger partial charge in [0.15, 0.2) is 6.29 Å². The second kappa shape index (κ2) is 11.1. The Balaban J connectivity index is 0.000000266. The number of rotatable bonds is 6. The predicted molar refractivity (Wildman–Crippen MR) is 120 cm³/mol. The fourth-order valence-corrected chi connectivity index (χ4v) is 3.13. The summed E-state index contributed by atoms with van der Waals surface area (Å²) in [4.78, 5) is 16.4. The van der Waals surface area contributed by atoms with E-state index in [0.717, 1.165) is 46.1 Å². The van der Waals surface area contributed by atoms with Crippen molar-refractivity contribution in [2.24, 2.45) is 0 Å². The van der Waals surface area contributed by atoms with Crippen molar-refractivity contribution in [2.45, 2.75) is 26.7 Å². The maximum absolute atomic E-state index is 10.1. The molecule has 0 saturated heterocycles. The fourth-order valence-electron chi connectivity index (χ4n) is 2.56. The lowest BCUT2D eigenvalue weighted by molar-refractivity contribution is -0.104. The Kier molecular flexibility index (Phi) is 8.56. The molecule has 4 nitrogen and oxygen atoms in total. The van der Waals surface area contributed by atoms with Gasteiger partial charge in [0.05, 0.1) is 0 Å². The molecular formula is C23H26N2O2S. The summed E-state index contributed by atoms with van der Waals surface area (Å²) in [6, 6.07) is 9.97. The standard InChI is InChI=1S/C16H16N2O.C7H10OS/c1-17-16-14(12-8-4-2-5-9-12)18-15(19-16)13-10-6-3-7-11-13;1-4-7(5-8)9-6(2)3/h2-4,6-8,10-11,17H,5,9H2,1H3;4-5H,2H2,1,3H3/b;7-4-. The first-order valence-electron chi connectivity index (χ1n) is 9.14. The Morgan fingerprint density at radius 3 is 2.57 bits per heavy atom. The largest absolute Gasteiger partial charge is 0.420 e. The number of aromatic nitrogens is 1. The molecule has 146 valence electrons. The third-order valence-corrected chi connectivity index (χ3v) is 4.80. The van der Waals surface area contributed by atoms with Crippen LogP contribution in [0.25, 0.3) is 17.0 Å². The maximum atomic E-state index is 10.1. The van der Waals surface area contributed by atoms with E-state index in [1.165, 1.54) is 17.3 Å². The highest BCUT2D eigenvalue weighted by molar-refractivity contribution is 8.07. The lowest BCUT2D eigenvalue weighted by atomic mass is 10.0. The molecule has 5 heteroatoms. The zero-order chi connectivity index (χ0) is 20.4. The molecule has 0 atom stereocenters. The van der Waals surface area contributed by atoms with E-state index in [0.29, 0.717) is 5.89 Å². The minimum absolute atomic E-state index is 0.662. The summed E-state index contributed by atoms with van der Waals surface area (Å²) in [5.41, 5.74) is 3.14. The monoisotopic (exact) mass is 394 g/mol. The van der Waals surface area contributed by atoms with Crippen LogP contribution in [-0.4, -0.2) is 18.3 Å². The summed E-state index contributed by atoms with van der Waals surface area (Å²) in [6.45, 7) is 7.36. The van der Waals surface area contributed by atoms with E-state index >= 15 is 0 Å². The molecular weight excluding hydrogens is 368 g/mol. The number of nitrogens with one attached hydrogen (secondary N) is 1. The minimum Gasteiger partial charge on any atom is -0.420 e. The van der Waals surface area contributed by atoms with Crippen LogP contribution in [0.1, 0.15) is 32.4 Å². The number of hydrogen-bond donors (Lipinski definition) is 1. The zero-order valence-electron chi connectivity index (χ0n) is 16.6. The number of aldehydes is 1. The first kappa shape index (κ1) is 21.5. The fraction of sp³-hybridized carbons (Fsp3) is 0.217. The quantitative estimate of drug-likeness (QED) is 0.449. The molecule has 0 aliphatic heterocycles. The van der Waals surface area contributed by atoms with E-state index in [4.69, 9.17) is 4.42 Å². The average molecular weight is 395 g/mol. The summed E-state index contributed by atoms with van der Waals surface area (Å²) in [7, 11) is 1.86. The first-order chi connectivity index (χ1) is 13.6. The van der Waals surface area contributed by atoms with Crippen LogP contribution in [0.5, 0.6) is 0 Å². The molecule has 3 rings (SSSR count). The number of thioether (sulfide) groups is 1. The van der Waals surface area contributed by atoms with E-state index in [2.05, 4.69) is 35.1 Å². The smallest absolute Gasteiger partial charge is 0.229 e. The molecule has 0 unspecified atom stereocenters. The van der Waals surface area contributed by atoms with Crippen LogP contribution < -0.4 is 5.32 Å². The van der Waals surface area contributed by atoms with Gasteiger partial charge >= 0.3 is 0 Å². The number of carbonyl (C=O) groups is 1. The number of oxazole rings is 1. The first-order valence-corrected chi connectivity index (χ1v) is 9.95. The van der Waals surface area contributed by atoms with Gasteiger partial charge in [0.1, 0.15) is 5.69 Å². The van der Waals surface area contributed by atoms with Crippen LogP contribution in [0.15, 0.2) is 75.4 Å². The highest BCUT2D eigenvalue weighted by atomic mass is 32.2. The van der Waals surface area contributed by atoms with Gasteiger partial charge in [-0.3, -0.25) is 4.79 Å². The summed E-state index contributed by atoms with van der Waals surface area (Å²) in [5, 5.41) is 3.09. The third-order valence-electron chi connectivity index (χ3n) is 3.89. The lowest BCUT2D eigenvalue weighted by Gasteiger charge is -2.06. The summed E-state index contributed by atoms with van der Waals surface area (Å²) in [6.07, 6.45) is 11.0. The van der Waals surface area contributed by atoms with E-state index in [-0.39, 0.29) is 0 Å². The van der Waals surface area contributed by atoms with Gasteiger partial charge in [0.25, 0.3) is 0 Å². The molecule has 0 saturated carbocycles. The highest BCUT2D eigenvalue weighted by Crippen LogP contribution is 2.32. The van der Waals surface area contributed by atoms with Crippen LogP contribution in [0.4, 0.5) is 5.88 Å². The molecule has 1 aliphatic carbocycles. The van der Waals surface area contributed by atoms with Crippen molar-refractivity contribution in [1.82, 2.24) is 4.98 Å². The number of nitrogens with zero attached hydrogens (tertiary/aromatic N) is 1. The molecule has 0 bridgehead atoms. The van der Waals surface area contributed by atoms with Crippen LogP contribution >= 0.6 is 11.8 Å². The Labute approximate surface area is 171 Å². The van der Waals surface area contributed by atoms with Gasteiger partial charge in [-0.2, -0.15) is 0 Å². The molecule has 0 amide bonds. The molecule has 0 radical (unpaired) electrons. The Morgan fingerprint density at radius 1 is 1.32 bits per heavy atom. The van der Waals surface area contributed by atoms with Crippen molar-refractivity contribution >= 4 is 29.5 Å². The van der Waals surface area contributed by atoms with Crippen molar-refractivity contribution in [3.8, 4) is 11.5 Å². The lowest BCUT2D eigenvalue weighted by Crippen LogP contribution is -1.94. The van der Waals surface area contributed by atoms with E-state index in [1.54, 1.807) is 6.08 Å². The topological polar surface area (TPSA) is 55.1 Å². The summed E-state index contributed by atoms with van der Waals surface area (Å²) in [5.74, 6) is 1.40. The van der Waals surface area contributed by atoms with Gasteiger partial charge in [-0.25, -0.2) is 4.98 Å². The third kappa shape index (κ3) is 6.13. The predicted octanol–water partition coefficient (Wildman–Crippen LogP) is 6.47. The van der Waals surface area contributed by atoms with Crippen LogP contribution in [0.2, 0.25) is 0 Å². The molecule has 1 aliphatic rings. The number of benzene rings is 1. The molecule has 1 aromatic carbocycles. The van der Waals surface area contributed by atoms with Gasteiger partial charge in [0, 0.05) is 17.5 Å². The Bertz CT molecular complexity index is 893. The Morgan fingerprint density at radius 2 is 2.07 bits per heavy atom. The molecule has 2 aromatic rings. The van der Waals surface area contributed by atoms with Gasteiger partial charge in [-0.05, 0) is 49.3 Å². The van der Waals surface area contributed by atoms with Crippen molar-refractivity contribution < 1.29 is 9.21 Å². The molecule has 1 heterocycles. The van der Waals surface area contributed by atoms with Crippen LogP contribution in [0.3, 0.4) is 0 Å². The van der Waals surface area contributed by atoms with Crippen molar-refractivity contribution in [2.75, 3.05) is 12.4 Å². The minimum atomic E-state index is 0.662. The van der Waals surface area contributed by atoms with Gasteiger partial charge in [-0.1, -0.05) is 60.8 Å². The zero-order valence-corrected chi connectivity index (χ0v) is 17.4. The number of allylic oxidation sites excluding steroid dienone is 7. The van der Waals surface area contributed by atoms with E-state index < -0.39 is 0 Å². The molecule has 1 N–H and O–H groups in total. The van der Waals surface area contributed by atoms with Crippen LogP contribution in [-0.2, 0) is 4.79 Å². The summed E-state index contributed by atoms with van der Waals surface area (Å²) < 4.78 is 5.82. The molecule has 0 spiro atoms. The van der Waals surface area contributed by atoms with Crippen LogP contribution in [0, 0.1) is 0 Å². The maximum Gasteiger partial charge on any atom is 0.229 e. The van der Waals surface area contributed by atoms with Gasteiger partial charge < -0.3 is 9.73 Å². The SMILES string of the molecule is C=C(C)S/C(C=O)=C\C.CNc1oc(-c2ccccc2)nc1C1=CC=CCC1. The van der Waals surface area contributed by atoms with Gasteiger partial charge in [-0.15, -0.1) is 0 Å². The summed E-state index contributed by atoms with van der Waals surface area (Å²) >= 11 is 1.40. The second-order valence-electron chi connectivity index (χ2n) is 6.08. The highest BCUT2D eigenvalue weighted by Gasteiger charge is 2.17. The number of hydrogen-bond acceptors (Lipinski definition) is 5. The van der Waals surface area contributed by atoms with Gasteiger partial charge in [0.2, 0.25) is 11.8 Å². The molecule has 1 aromatic heterocycles. The van der Waals surface area contributed by atoms with Crippen molar-refractivity contribution in [3.05, 3.63) is 76.7 Å². The molecule has 0 fully saturated rings. The average Bonchev–Trinajstić information content (AvgIpc) is 3.18. The second-order valence-corrected chi connectivity index (χ2v) is 7.46. The molecule has 28 heavy (non-hydrogen) atoms. The van der Waals surface area contributed by atoms with Crippen molar-refractivity contribution in [1.29, 1.82) is 0 Å². The number of anilines is 1. The van der Waals surface area contributed by atoms with Crippen molar-refractivity contribution in [3.63, 3.8) is 0 Å². The van der Waals surface area contributed by atoms with E-state index in [1.807, 2.05) is 51.2 Å². The normalized spacial score (nSPS) is 13.2.